The topological polar surface area (TPSA) is 12.0 Å². The number of nitrogens with one attached hydrogen (secondary N) is 1. The molecule has 20 heavy (non-hydrogen) atoms. The molecule has 2 aromatic rings. The molecule has 0 heterocycles. The first-order valence-electron chi connectivity index (χ1n) is 7.63. The minimum Gasteiger partial charge on any atom is -0.312 e. The first-order chi connectivity index (χ1) is 9.38. The summed E-state index contributed by atoms with van der Waals surface area (Å²) >= 11 is 0. The second kappa shape index (κ2) is 4.60. The van der Waals surface area contributed by atoms with Crippen LogP contribution >= 0.6 is 0 Å². The number of hydrogen-bond donors (Lipinski definition) is 1. The third-order valence-electron chi connectivity index (χ3n) is 4.70. The van der Waals surface area contributed by atoms with E-state index >= 15 is 0 Å². The van der Waals surface area contributed by atoms with Crippen LogP contribution in [0.1, 0.15) is 39.7 Å². The summed E-state index contributed by atoms with van der Waals surface area (Å²) < 4.78 is 0. The van der Waals surface area contributed by atoms with E-state index in [0.717, 1.165) is 12.5 Å². The summed E-state index contributed by atoms with van der Waals surface area (Å²) in [6, 6.07) is 15.6. The minimum absolute atomic E-state index is 0.215. The lowest BCUT2D eigenvalue weighted by Gasteiger charge is -2.22. The summed E-state index contributed by atoms with van der Waals surface area (Å²) in [7, 11) is 0. The van der Waals surface area contributed by atoms with Crippen LogP contribution in [0.4, 0.5) is 0 Å². The van der Waals surface area contributed by atoms with E-state index in [9.17, 15) is 0 Å². The first-order valence-corrected chi connectivity index (χ1v) is 7.63. The van der Waals surface area contributed by atoms with Gasteiger partial charge in [-0.25, -0.2) is 0 Å². The zero-order chi connectivity index (χ0) is 14.4. The third kappa shape index (κ3) is 2.60. The van der Waals surface area contributed by atoms with Crippen LogP contribution in [0.15, 0.2) is 42.5 Å². The van der Waals surface area contributed by atoms with Crippen LogP contribution in [0.25, 0.3) is 10.8 Å². The Kier molecular flexibility index (Phi) is 3.13. The van der Waals surface area contributed by atoms with Gasteiger partial charge in [0.25, 0.3) is 0 Å². The van der Waals surface area contributed by atoms with E-state index in [0.29, 0.717) is 5.41 Å². The van der Waals surface area contributed by atoms with E-state index in [1.165, 1.54) is 22.8 Å². The molecule has 1 heteroatoms. The van der Waals surface area contributed by atoms with Gasteiger partial charge in [-0.2, -0.15) is 0 Å². The van der Waals surface area contributed by atoms with Crippen LogP contribution in [-0.2, 0) is 5.41 Å². The maximum absolute atomic E-state index is 3.65. The fourth-order valence-electron chi connectivity index (χ4n) is 3.08. The Hall–Kier alpha value is -1.34. The quantitative estimate of drug-likeness (QED) is 0.863. The Bertz CT molecular complexity index is 623. The van der Waals surface area contributed by atoms with Crippen molar-refractivity contribution < 1.29 is 0 Å². The second-order valence-corrected chi connectivity index (χ2v) is 7.51. The molecule has 106 valence electrons. The van der Waals surface area contributed by atoms with Crippen molar-refractivity contribution in [3.05, 3.63) is 48.0 Å². The highest BCUT2D eigenvalue weighted by Gasteiger charge is 2.50. The normalized spacial score (nSPS) is 25.9. The second-order valence-electron chi connectivity index (χ2n) is 7.51. The Morgan fingerprint density at radius 2 is 1.80 bits per heavy atom. The Morgan fingerprint density at radius 3 is 2.50 bits per heavy atom. The highest BCUT2D eigenvalue weighted by molar-refractivity contribution is 5.83. The molecule has 0 aromatic heterocycles. The van der Waals surface area contributed by atoms with Crippen molar-refractivity contribution in [2.45, 2.75) is 45.1 Å². The van der Waals surface area contributed by atoms with Gasteiger partial charge >= 0.3 is 0 Å². The average Bonchev–Trinajstić information content (AvgIpc) is 3.08. The lowest BCUT2D eigenvalue weighted by atomic mass is 9.93. The van der Waals surface area contributed by atoms with Crippen molar-refractivity contribution in [2.75, 3.05) is 6.54 Å². The molecule has 1 aliphatic rings. The van der Waals surface area contributed by atoms with Crippen LogP contribution in [0.5, 0.6) is 0 Å². The largest absolute Gasteiger partial charge is 0.312 e. The van der Waals surface area contributed by atoms with Gasteiger partial charge in [-0.3, -0.25) is 0 Å². The number of rotatable bonds is 3. The standard InChI is InChI=1S/C19H25N/c1-18(2,3)20-13-17-12-19(17,4)16-10-9-14-7-5-6-8-15(14)11-16/h5-11,17,20H,12-13H2,1-4H3. The molecule has 0 amide bonds. The summed E-state index contributed by atoms with van der Waals surface area (Å²) in [5, 5.41) is 6.35. The summed E-state index contributed by atoms with van der Waals surface area (Å²) in [6.07, 6.45) is 1.30. The van der Waals surface area contributed by atoms with Crippen molar-refractivity contribution >= 4 is 10.8 Å². The molecule has 2 unspecified atom stereocenters. The maximum atomic E-state index is 3.65. The number of hydrogen-bond acceptors (Lipinski definition) is 1. The molecule has 0 spiro atoms. The van der Waals surface area contributed by atoms with E-state index < -0.39 is 0 Å². The van der Waals surface area contributed by atoms with Crippen LogP contribution in [0.3, 0.4) is 0 Å². The van der Waals surface area contributed by atoms with Gasteiger partial charge in [0, 0.05) is 5.54 Å². The van der Waals surface area contributed by atoms with E-state index in [1.54, 1.807) is 0 Å². The molecule has 1 fully saturated rings. The summed E-state index contributed by atoms with van der Waals surface area (Å²) in [4.78, 5) is 0. The monoisotopic (exact) mass is 267 g/mol. The minimum atomic E-state index is 0.215. The van der Waals surface area contributed by atoms with Crippen molar-refractivity contribution in [2.24, 2.45) is 5.92 Å². The van der Waals surface area contributed by atoms with Gasteiger partial charge in [0.05, 0.1) is 0 Å². The maximum Gasteiger partial charge on any atom is 0.00966 e. The van der Waals surface area contributed by atoms with Crippen molar-refractivity contribution in [1.82, 2.24) is 5.32 Å². The predicted octanol–water partition coefficient (Wildman–Crippen LogP) is 4.51. The van der Waals surface area contributed by atoms with Gasteiger partial charge in [-0.15, -0.1) is 0 Å². The van der Waals surface area contributed by atoms with E-state index in [4.69, 9.17) is 0 Å². The summed E-state index contributed by atoms with van der Waals surface area (Å²) in [5.41, 5.74) is 2.08. The van der Waals surface area contributed by atoms with Crippen LogP contribution in [0.2, 0.25) is 0 Å². The first kappa shape index (κ1) is 13.6. The molecule has 0 aliphatic heterocycles. The zero-order valence-corrected chi connectivity index (χ0v) is 13.0. The molecular formula is C19H25N. The molecule has 1 nitrogen and oxygen atoms in total. The molecule has 1 saturated carbocycles. The number of fused-ring (bicyclic) bond motifs is 1. The molecule has 1 N–H and O–H groups in total. The lowest BCUT2D eigenvalue weighted by molar-refractivity contribution is 0.406. The Labute approximate surface area is 122 Å². The fourth-order valence-corrected chi connectivity index (χ4v) is 3.08. The summed E-state index contributed by atoms with van der Waals surface area (Å²) in [5.74, 6) is 0.767. The van der Waals surface area contributed by atoms with Gasteiger partial charge in [0.2, 0.25) is 0 Å². The predicted molar refractivity (Wildman–Crippen MR) is 87.2 cm³/mol. The van der Waals surface area contributed by atoms with Gasteiger partial charge in [-0.05, 0) is 61.4 Å². The Morgan fingerprint density at radius 1 is 1.10 bits per heavy atom. The highest BCUT2D eigenvalue weighted by atomic mass is 15.0. The van der Waals surface area contributed by atoms with E-state index in [2.05, 4.69) is 75.5 Å². The molecule has 0 bridgehead atoms. The van der Waals surface area contributed by atoms with Gasteiger partial charge in [0.1, 0.15) is 0 Å². The average molecular weight is 267 g/mol. The molecule has 1 aliphatic carbocycles. The van der Waals surface area contributed by atoms with E-state index in [-0.39, 0.29) is 5.54 Å². The molecule has 0 saturated heterocycles. The third-order valence-corrected chi connectivity index (χ3v) is 4.70. The highest BCUT2D eigenvalue weighted by Crippen LogP contribution is 2.54. The SMILES string of the molecule is CC(C)(C)NCC1CC1(C)c1ccc2ccccc2c1. The zero-order valence-electron chi connectivity index (χ0n) is 13.0. The van der Waals surface area contributed by atoms with Crippen molar-refractivity contribution in [1.29, 1.82) is 0 Å². The molecule has 2 atom stereocenters. The Balaban J connectivity index is 1.78. The van der Waals surface area contributed by atoms with Crippen LogP contribution < -0.4 is 5.32 Å². The number of benzene rings is 2. The smallest absolute Gasteiger partial charge is 0.00966 e. The van der Waals surface area contributed by atoms with E-state index in [1.807, 2.05) is 0 Å². The van der Waals surface area contributed by atoms with Crippen molar-refractivity contribution in [3.63, 3.8) is 0 Å². The molecular weight excluding hydrogens is 242 g/mol. The van der Waals surface area contributed by atoms with Gasteiger partial charge < -0.3 is 5.32 Å². The molecule has 0 radical (unpaired) electrons. The fraction of sp³-hybridized carbons (Fsp3) is 0.474. The van der Waals surface area contributed by atoms with Crippen LogP contribution in [0, 0.1) is 5.92 Å². The molecule has 3 rings (SSSR count). The molecule has 2 aromatic carbocycles. The van der Waals surface area contributed by atoms with Gasteiger partial charge in [0.15, 0.2) is 0 Å². The van der Waals surface area contributed by atoms with Crippen molar-refractivity contribution in [3.8, 4) is 0 Å². The summed E-state index contributed by atoms with van der Waals surface area (Å²) in [6.45, 7) is 10.2. The lowest BCUT2D eigenvalue weighted by Crippen LogP contribution is -2.37. The van der Waals surface area contributed by atoms with Gasteiger partial charge in [-0.1, -0.05) is 49.4 Å². The van der Waals surface area contributed by atoms with Crippen LogP contribution in [-0.4, -0.2) is 12.1 Å².